The predicted molar refractivity (Wildman–Crippen MR) is 102 cm³/mol. The van der Waals surface area contributed by atoms with Gasteiger partial charge in [0.15, 0.2) is 6.54 Å². The Morgan fingerprint density at radius 1 is 1.00 bits per heavy atom. The third-order valence-electron chi connectivity index (χ3n) is 5.06. The highest BCUT2D eigenvalue weighted by Gasteiger charge is 2.23. The van der Waals surface area contributed by atoms with E-state index >= 15 is 0 Å². The van der Waals surface area contributed by atoms with Gasteiger partial charge < -0.3 is 14.2 Å². The van der Waals surface area contributed by atoms with Crippen LogP contribution in [0.25, 0.3) is 11.5 Å². The number of rotatable bonds is 4. The Kier molecular flexibility index (Phi) is 4.71. The Bertz CT molecular complexity index is 881. The molecule has 0 aliphatic carbocycles. The van der Waals surface area contributed by atoms with Crippen LogP contribution in [-0.4, -0.2) is 36.4 Å². The minimum absolute atomic E-state index is 0.613. The number of aryl methyl sites for hydroxylation is 2. The van der Waals surface area contributed by atoms with E-state index in [0.717, 1.165) is 44.2 Å². The van der Waals surface area contributed by atoms with Gasteiger partial charge in [-0.3, -0.25) is 0 Å². The maximum Gasteiger partial charge on any atom is 0.271 e. The second kappa shape index (κ2) is 7.30. The molecule has 0 amide bonds. The summed E-state index contributed by atoms with van der Waals surface area (Å²) >= 11 is 0. The van der Waals surface area contributed by atoms with E-state index in [0.29, 0.717) is 5.89 Å². The molecule has 0 saturated carbocycles. The van der Waals surface area contributed by atoms with Crippen LogP contribution in [0.3, 0.4) is 0 Å². The van der Waals surface area contributed by atoms with Crippen molar-refractivity contribution < 1.29 is 9.32 Å². The van der Waals surface area contributed by atoms with Crippen molar-refractivity contribution in [2.75, 3.05) is 31.1 Å². The predicted octanol–water partition coefficient (Wildman–Crippen LogP) is 2.26. The van der Waals surface area contributed by atoms with Crippen molar-refractivity contribution in [3.8, 4) is 11.5 Å². The fraction of sp³-hybridized carbons (Fsp3) is 0.333. The summed E-state index contributed by atoms with van der Waals surface area (Å²) in [5.74, 6) is 1.34. The van der Waals surface area contributed by atoms with E-state index in [9.17, 15) is 0 Å². The van der Waals surface area contributed by atoms with Crippen LogP contribution in [-0.2, 0) is 6.54 Å². The SMILES string of the molecule is Cc1cccc(-c2nnc(C[NH+]3CCN(c4ccccc4C)CC3)o2)c1. The zero-order valence-corrected chi connectivity index (χ0v) is 15.4. The van der Waals surface area contributed by atoms with Gasteiger partial charge in [-0.1, -0.05) is 35.9 Å². The summed E-state index contributed by atoms with van der Waals surface area (Å²) in [6, 6.07) is 16.8. The van der Waals surface area contributed by atoms with Crippen molar-refractivity contribution in [2.45, 2.75) is 20.4 Å². The van der Waals surface area contributed by atoms with E-state index in [1.165, 1.54) is 21.7 Å². The van der Waals surface area contributed by atoms with Gasteiger partial charge in [0, 0.05) is 11.3 Å². The number of hydrogen-bond donors (Lipinski definition) is 1. The van der Waals surface area contributed by atoms with E-state index in [2.05, 4.69) is 65.3 Å². The van der Waals surface area contributed by atoms with E-state index in [1.807, 2.05) is 12.1 Å². The zero-order chi connectivity index (χ0) is 17.9. The highest BCUT2D eigenvalue weighted by atomic mass is 16.4. The molecule has 0 radical (unpaired) electrons. The van der Waals surface area contributed by atoms with Crippen molar-refractivity contribution in [1.29, 1.82) is 0 Å². The number of nitrogens with zero attached hydrogens (tertiary/aromatic N) is 3. The number of anilines is 1. The van der Waals surface area contributed by atoms with Crippen molar-refractivity contribution in [1.82, 2.24) is 10.2 Å². The molecular weight excluding hydrogens is 324 g/mol. The molecule has 1 aromatic heterocycles. The minimum Gasteiger partial charge on any atom is -0.415 e. The molecule has 1 aliphatic rings. The number of para-hydroxylation sites is 1. The van der Waals surface area contributed by atoms with Crippen LogP contribution in [0.1, 0.15) is 17.0 Å². The number of quaternary nitrogens is 1. The second-order valence-electron chi connectivity index (χ2n) is 7.07. The van der Waals surface area contributed by atoms with Crippen LogP contribution in [0.2, 0.25) is 0 Å². The smallest absolute Gasteiger partial charge is 0.271 e. The van der Waals surface area contributed by atoms with Gasteiger partial charge in [0.1, 0.15) is 0 Å². The number of piperazine rings is 1. The van der Waals surface area contributed by atoms with Gasteiger partial charge in [0.25, 0.3) is 5.89 Å². The van der Waals surface area contributed by atoms with Crippen molar-refractivity contribution in [2.24, 2.45) is 0 Å². The standard InChI is InChI=1S/C21H24N4O/c1-16-6-5-8-18(14-16)21-23-22-20(26-21)15-24-10-12-25(13-11-24)19-9-4-3-7-17(19)2/h3-9,14H,10-13,15H2,1-2H3/p+1. The molecule has 1 fully saturated rings. The number of aromatic nitrogens is 2. The summed E-state index contributed by atoms with van der Waals surface area (Å²) in [6.07, 6.45) is 0. The van der Waals surface area contributed by atoms with E-state index in [1.54, 1.807) is 0 Å². The summed E-state index contributed by atoms with van der Waals surface area (Å²) in [5, 5.41) is 8.48. The third-order valence-corrected chi connectivity index (χ3v) is 5.06. The van der Waals surface area contributed by atoms with E-state index in [4.69, 9.17) is 4.42 Å². The molecule has 1 saturated heterocycles. The van der Waals surface area contributed by atoms with E-state index in [-0.39, 0.29) is 0 Å². The Labute approximate surface area is 154 Å². The molecule has 5 heteroatoms. The molecule has 2 heterocycles. The average Bonchev–Trinajstić information content (AvgIpc) is 3.12. The normalized spacial score (nSPS) is 15.4. The summed E-state index contributed by atoms with van der Waals surface area (Å²) in [4.78, 5) is 3.97. The van der Waals surface area contributed by atoms with Crippen LogP contribution >= 0.6 is 0 Å². The van der Waals surface area contributed by atoms with Crippen LogP contribution in [0.15, 0.2) is 52.9 Å². The lowest BCUT2D eigenvalue weighted by atomic mass is 10.1. The third kappa shape index (κ3) is 3.63. The first-order chi connectivity index (χ1) is 12.7. The second-order valence-corrected chi connectivity index (χ2v) is 7.07. The van der Waals surface area contributed by atoms with Gasteiger partial charge in [0.2, 0.25) is 5.89 Å². The number of benzene rings is 2. The van der Waals surface area contributed by atoms with Gasteiger partial charge in [-0.05, 0) is 37.6 Å². The first-order valence-electron chi connectivity index (χ1n) is 9.22. The first-order valence-corrected chi connectivity index (χ1v) is 9.22. The molecule has 0 atom stereocenters. The first kappa shape index (κ1) is 16.8. The maximum absolute atomic E-state index is 5.90. The van der Waals surface area contributed by atoms with Gasteiger partial charge in [-0.25, -0.2) is 0 Å². The van der Waals surface area contributed by atoms with Crippen molar-refractivity contribution in [3.63, 3.8) is 0 Å². The van der Waals surface area contributed by atoms with Crippen LogP contribution in [0.5, 0.6) is 0 Å². The molecule has 134 valence electrons. The monoisotopic (exact) mass is 349 g/mol. The van der Waals surface area contributed by atoms with Crippen molar-refractivity contribution >= 4 is 5.69 Å². The molecule has 0 spiro atoms. The van der Waals surface area contributed by atoms with Crippen LogP contribution in [0.4, 0.5) is 5.69 Å². The van der Waals surface area contributed by atoms with Gasteiger partial charge >= 0.3 is 0 Å². The Morgan fingerprint density at radius 3 is 2.58 bits per heavy atom. The number of hydrogen-bond acceptors (Lipinski definition) is 4. The fourth-order valence-electron chi connectivity index (χ4n) is 3.59. The maximum atomic E-state index is 5.90. The largest absolute Gasteiger partial charge is 0.415 e. The van der Waals surface area contributed by atoms with Gasteiger partial charge in [-0.2, -0.15) is 0 Å². The molecule has 4 rings (SSSR count). The molecular formula is C21H25N4O+. The minimum atomic E-state index is 0.613. The molecule has 1 N–H and O–H groups in total. The molecule has 1 aliphatic heterocycles. The van der Waals surface area contributed by atoms with Crippen LogP contribution in [0, 0.1) is 13.8 Å². The average molecular weight is 349 g/mol. The molecule has 2 aromatic carbocycles. The quantitative estimate of drug-likeness (QED) is 0.785. The number of nitrogens with one attached hydrogen (secondary N) is 1. The molecule has 0 unspecified atom stereocenters. The molecule has 3 aromatic rings. The Hall–Kier alpha value is -2.66. The Morgan fingerprint density at radius 2 is 1.81 bits per heavy atom. The molecule has 0 bridgehead atoms. The Balaban J connectivity index is 1.37. The van der Waals surface area contributed by atoms with Crippen LogP contribution < -0.4 is 9.80 Å². The van der Waals surface area contributed by atoms with E-state index < -0.39 is 0 Å². The van der Waals surface area contributed by atoms with Crippen molar-refractivity contribution in [3.05, 3.63) is 65.5 Å². The molecule has 26 heavy (non-hydrogen) atoms. The summed E-state index contributed by atoms with van der Waals surface area (Å²) in [5.41, 5.74) is 4.88. The topological polar surface area (TPSA) is 46.6 Å². The lowest BCUT2D eigenvalue weighted by molar-refractivity contribution is -0.915. The van der Waals surface area contributed by atoms with Gasteiger partial charge in [0.05, 0.1) is 26.2 Å². The molecule has 5 nitrogen and oxygen atoms in total. The summed E-state index contributed by atoms with van der Waals surface area (Å²) < 4.78 is 5.90. The summed E-state index contributed by atoms with van der Waals surface area (Å²) in [7, 11) is 0. The summed E-state index contributed by atoms with van der Waals surface area (Å²) in [6.45, 7) is 9.31. The lowest BCUT2D eigenvalue weighted by Crippen LogP contribution is -3.13. The zero-order valence-electron chi connectivity index (χ0n) is 15.4. The lowest BCUT2D eigenvalue weighted by Gasteiger charge is -2.33. The fourth-order valence-corrected chi connectivity index (χ4v) is 3.59. The highest BCUT2D eigenvalue weighted by Crippen LogP contribution is 2.20. The highest BCUT2D eigenvalue weighted by molar-refractivity contribution is 5.54. The van der Waals surface area contributed by atoms with Gasteiger partial charge in [-0.15, -0.1) is 10.2 Å².